The Bertz CT molecular complexity index is 334. The van der Waals surface area contributed by atoms with Gasteiger partial charge in [0.25, 0.3) is 0 Å². The van der Waals surface area contributed by atoms with E-state index >= 15 is 0 Å². The molecule has 5 heteroatoms. The van der Waals surface area contributed by atoms with Crippen LogP contribution < -0.4 is 5.32 Å². The number of carbonyl (C=O) groups is 1. The van der Waals surface area contributed by atoms with Crippen LogP contribution in [0.15, 0.2) is 0 Å². The van der Waals surface area contributed by atoms with Gasteiger partial charge in [-0.25, -0.2) is 4.79 Å². The van der Waals surface area contributed by atoms with Crippen LogP contribution >= 0.6 is 0 Å². The van der Waals surface area contributed by atoms with E-state index in [1.165, 1.54) is 12.8 Å². The molecule has 0 radical (unpaired) electrons. The summed E-state index contributed by atoms with van der Waals surface area (Å²) in [5.41, 5.74) is 0. The molecule has 1 aliphatic heterocycles. The second-order valence-electron chi connectivity index (χ2n) is 5.15. The summed E-state index contributed by atoms with van der Waals surface area (Å²) in [4.78, 5) is 16.0. The van der Waals surface area contributed by atoms with Crippen molar-refractivity contribution >= 4 is 6.03 Å². The van der Waals surface area contributed by atoms with Crippen molar-refractivity contribution in [3.8, 4) is 6.07 Å². The molecule has 0 spiro atoms. The number of nitriles is 1. The lowest BCUT2D eigenvalue weighted by Gasteiger charge is -2.38. The van der Waals surface area contributed by atoms with Crippen LogP contribution in [0.1, 0.15) is 32.6 Å². The van der Waals surface area contributed by atoms with E-state index in [4.69, 9.17) is 0 Å². The van der Waals surface area contributed by atoms with Crippen molar-refractivity contribution < 1.29 is 4.79 Å². The van der Waals surface area contributed by atoms with Gasteiger partial charge >= 0.3 is 6.03 Å². The second-order valence-corrected chi connectivity index (χ2v) is 5.15. The normalized spacial score (nSPS) is 24.7. The topological polar surface area (TPSA) is 59.4 Å². The number of nitrogens with zero attached hydrogens (tertiary/aromatic N) is 3. The third-order valence-electron chi connectivity index (χ3n) is 3.68. The van der Waals surface area contributed by atoms with Gasteiger partial charge in [-0.3, -0.25) is 4.90 Å². The molecule has 5 nitrogen and oxygen atoms in total. The number of hydrogen-bond donors (Lipinski definition) is 1. The van der Waals surface area contributed by atoms with Crippen molar-refractivity contribution in [1.82, 2.24) is 15.1 Å². The Morgan fingerprint density at radius 1 is 1.44 bits per heavy atom. The summed E-state index contributed by atoms with van der Waals surface area (Å²) in [7, 11) is 0. The third kappa shape index (κ3) is 3.14. The van der Waals surface area contributed by atoms with Crippen LogP contribution in [0, 0.1) is 11.3 Å². The van der Waals surface area contributed by atoms with Crippen LogP contribution in [-0.2, 0) is 0 Å². The smallest absolute Gasteiger partial charge is 0.317 e. The monoisotopic (exact) mass is 250 g/mol. The lowest BCUT2D eigenvalue weighted by molar-refractivity contribution is 0.108. The van der Waals surface area contributed by atoms with Gasteiger partial charge < -0.3 is 10.2 Å². The zero-order chi connectivity index (χ0) is 13.0. The Labute approximate surface area is 109 Å². The van der Waals surface area contributed by atoms with Crippen molar-refractivity contribution in [3.05, 3.63) is 0 Å². The summed E-state index contributed by atoms with van der Waals surface area (Å²) in [5.74, 6) is 0. The van der Waals surface area contributed by atoms with Crippen LogP contribution in [0.25, 0.3) is 0 Å². The largest absolute Gasteiger partial charge is 0.338 e. The average molecular weight is 250 g/mol. The molecular weight excluding hydrogens is 228 g/mol. The highest BCUT2D eigenvalue weighted by Crippen LogP contribution is 2.29. The highest BCUT2D eigenvalue weighted by atomic mass is 16.2. The van der Waals surface area contributed by atoms with E-state index < -0.39 is 0 Å². The molecular formula is C13H22N4O. The molecule has 0 aromatic heterocycles. The Kier molecular flexibility index (Phi) is 4.43. The lowest BCUT2D eigenvalue weighted by atomic mass is 10.2. The van der Waals surface area contributed by atoms with Gasteiger partial charge in [0.15, 0.2) is 0 Å². The predicted octanol–water partition coefficient (Wildman–Crippen LogP) is 1.17. The second kappa shape index (κ2) is 6.05. The zero-order valence-electron chi connectivity index (χ0n) is 11.1. The van der Waals surface area contributed by atoms with Crippen molar-refractivity contribution in [1.29, 1.82) is 5.26 Å². The summed E-state index contributed by atoms with van der Waals surface area (Å²) in [6.07, 6.45) is 4.51. The Balaban J connectivity index is 1.81. The minimum Gasteiger partial charge on any atom is -0.338 e. The van der Waals surface area contributed by atoms with Gasteiger partial charge in [0, 0.05) is 25.7 Å². The van der Waals surface area contributed by atoms with Gasteiger partial charge in [-0.05, 0) is 19.3 Å². The number of carbonyl (C=O) groups excluding carboxylic acids is 1. The van der Waals surface area contributed by atoms with Crippen LogP contribution in [0.5, 0.6) is 0 Å². The van der Waals surface area contributed by atoms with Crippen LogP contribution in [0.3, 0.4) is 0 Å². The lowest BCUT2D eigenvalue weighted by Crippen LogP contribution is -2.56. The van der Waals surface area contributed by atoms with Crippen molar-refractivity contribution in [2.24, 2.45) is 0 Å². The zero-order valence-corrected chi connectivity index (χ0v) is 11.1. The molecule has 1 atom stereocenters. The minimum absolute atomic E-state index is 0.0147. The Morgan fingerprint density at radius 3 is 2.83 bits per heavy atom. The molecule has 1 aliphatic carbocycles. The van der Waals surface area contributed by atoms with E-state index in [9.17, 15) is 10.1 Å². The Hall–Kier alpha value is -1.28. The molecule has 0 aromatic rings. The highest BCUT2D eigenvalue weighted by Gasteiger charge is 2.38. The first-order valence-corrected chi connectivity index (χ1v) is 6.94. The molecule has 2 fully saturated rings. The number of urea groups is 1. The first-order chi connectivity index (χ1) is 8.76. The van der Waals surface area contributed by atoms with Crippen molar-refractivity contribution in [3.63, 3.8) is 0 Å². The SMILES string of the molecule is CCCCNC(=O)N1CCN(C2CC2)[C@H](C#N)C1. The van der Waals surface area contributed by atoms with Crippen LogP contribution in [-0.4, -0.2) is 54.1 Å². The molecule has 1 N–H and O–H groups in total. The number of amides is 2. The summed E-state index contributed by atoms with van der Waals surface area (Å²) in [6.45, 7) is 4.96. The molecule has 1 heterocycles. The van der Waals surface area contributed by atoms with Gasteiger partial charge in [0.05, 0.1) is 12.6 Å². The first-order valence-electron chi connectivity index (χ1n) is 6.94. The first kappa shape index (κ1) is 13.2. The van der Waals surface area contributed by atoms with E-state index in [1.54, 1.807) is 4.90 Å². The number of unbranched alkanes of at least 4 members (excludes halogenated alkanes) is 1. The number of hydrogen-bond acceptors (Lipinski definition) is 3. The van der Waals surface area contributed by atoms with Gasteiger partial charge in [-0.1, -0.05) is 13.3 Å². The van der Waals surface area contributed by atoms with E-state index in [-0.39, 0.29) is 12.1 Å². The predicted molar refractivity (Wildman–Crippen MR) is 69.0 cm³/mol. The average Bonchev–Trinajstić information content (AvgIpc) is 3.22. The maximum Gasteiger partial charge on any atom is 0.317 e. The van der Waals surface area contributed by atoms with Crippen molar-refractivity contribution in [2.45, 2.75) is 44.7 Å². The molecule has 2 aliphatic rings. The summed E-state index contributed by atoms with van der Waals surface area (Å²) >= 11 is 0. The molecule has 0 unspecified atom stereocenters. The molecule has 18 heavy (non-hydrogen) atoms. The number of piperazine rings is 1. The third-order valence-corrected chi connectivity index (χ3v) is 3.68. The fourth-order valence-corrected chi connectivity index (χ4v) is 2.42. The summed E-state index contributed by atoms with van der Waals surface area (Å²) in [6, 6.07) is 2.79. The molecule has 2 rings (SSSR count). The number of rotatable bonds is 4. The van der Waals surface area contributed by atoms with E-state index in [0.29, 0.717) is 12.6 Å². The van der Waals surface area contributed by atoms with E-state index in [2.05, 4.69) is 23.2 Å². The standard InChI is InChI=1S/C13H22N4O/c1-2-3-6-15-13(18)16-7-8-17(11-4-5-11)12(9-14)10-16/h11-12H,2-8,10H2,1H3,(H,15,18)/t12-/m1/s1. The summed E-state index contributed by atoms with van der Waals surface area (Å²) < 4.78 is 0. The molecule has 0 aromatic carbocycles. The van der Waals surface area contributed by atoms with Crippen LogP contribution in [0.2, 0.25) is 0 Å². The van der Waals surface area contributed by atoms with Gasteiger partial charge in [-0.2, -0.15) is 5.26 Å². The summed E-state index contributed by atoms with van der Waals surface area (Å²) in [5, 5.41) is 12.1. The number of nitrogens with one attached hydrogen (secondary N) is 1. The van der Waals surface area contributed by atoms with Crippen LogP contribution in [0.4, 0.5) is 4.79 Å². The quantitative estimate of drug-likeness (QED) is 0.762. The minimum atomic E-state index is -0.122. The van der Waals surface area contributed by atoms with E-state index in [1.807, 2.05) is 0 Å². The molecule has 1 saturated heterocycles. The maximum atomic E-state index is 11.9. The molecule has 0 bridgehead atoms. The van der Waals surface area contributed by atoms with E-state index in [0.717, 1.165) is 32.5 Å². The highest BCUT2D eigenvalue weighted by molar-refractivity contribution is 5.74. The maximum absolute atomic E-state index is 11.9. The fraction of sp³-hybridized carbons (Fsp3) is 0.846. The fourth-order valence-electron chi connectivity index (χ4n) is 2.42. The van der Waals surface area contributed by atoms with Crippen molar-refractivity contribution in [2.75, 3.05) is 26.2 Å². The molecule has 1 saturated carbocycles. The van der Waals surface area contributed by atoms with Gasteiger partial charge in [0.2, 0.25) is 0 Å². The molecule has 2 amide bonds. The van der Waals surface area contributed by atoms with Gasteiger partial charge in [0.1, 0.15) is 6.04 Å². The van der Waals surface area contributed by atoms with Gasteiger partial charge in [-0.15, -0.1) is 0 Å². The molecule has 100 valence electrons. The Morgan fingerprint density at radius 2 is 2.22 bits per heavy atom.